The first-order valence-electron chi connectivity index (χ1n) is 9.40. The lowest BCUT2D eigenvalue weighted by Gasteiger charge is -2.50. The summed E-state index contributed by atoms with van der Waals surface area (Å²) in [6.45, 7) is 7.99. The van der Waals surface area contributed by atoms with Gasteiger partial charge >= 0.3 is 11.9 Å². The Morgan fingerprint density at radius 2 is 1.88 bits per heavy atom. The van der Waals surface area contributed by atoms with E-state index in [-0.39, 0.29) is 17.3 Å². The molecule has 0 aromatic rings. The number of carboxylic acids is 2. The van der Waals surface area contributed by atoms with E-state index in [1.807, 2.05) is 0 Å². The molecule has 4 saturated carbocycles. The van der Waals surface area contributed by atoms with E-state index in [2.05, 4.69) is 13.5 Å². The zero-order valence-corrected chi connectivity index (χ0v) is 15.0. The lowest BCUT2D eigenvalue weighted by atomic mass is 9.53. The number of hydrogen-bond donors (Lipinski definition) is 3. The molecule has 4 fully saturated rings. The molecule has 0 aromatic heterocycles. The van der Waals surface area contributed by atoms with Crippen LogP contribution in [-0.2, 0) is 9.59 Å². The van der Waals surface area contributed by atoms with Crippen LogP contribution in [0.25, 0.3) is 0 Å². The van der Waals surface area contributed by atoms with E-state index in [9.17, 15) is 24.9 Å². The minimum Gasteiger partial charge on any atom is -0.481 e. The standard InChI is InChI=1S/C20H28O5/c1-10-8-20-9-11(10)12(21)7-13(20)18(2)5-4-6-19(3,17(24)25)15(18)14(20)16(22)23/h11-15,21H,1,4-9H2,2-3H3,(H,22,23)(H,24,25)/t11-,12-,13+,14-,15+,18+,19-,20+/m1/s1. The third-order valence-corrected chi connectivity index (χ3v) is 8.63. The summed E-state index contributed by atoms with van der Waals surface area (Å²) in [4.78, 5) is 24.7. The molecule has 4 rings (SSSR count). The number of carbonyl (C=O) groups is 2. The van der Waals surface area contributed by atoms with Crippen LogP contribution in [0.2, 0.25) is 0 Å². The van der Waals surface area contributed by atoms with Crippen LogP contribution in [-0.4, -0.2) is 33.4 Å². The van der Waals surface area contributed by atoms with E-state index < -0.39 is 40.7 Å². The smallest absolute Gasteiger partial charge is 0.309 e. The normalized spacial score (nSPS) is 54.0. The Morgan fingerprint density at radius 1 is 1.20 bits per heavy atom. The van der Waals surface area contributed by atoms with Crippen LogP contribution >= 0.6 is 0 Å². The maximum Gasteiger partial charge on any atom is 0.309 e. The number of aliphatic hydroxyl groups excluding tert-OH is 1. The highest BCUT2D eigenvalue weighted by Crippen LogP contribution is 2.77. The highest BCUT2D eigenvalue weighted by atomic mass is 16.4. The molecule has 5 nitrogen and oxygen atoms in total. The van der Waals surface area contributed by atoms with Gasteiger partial charge in [0.05, 0.1) is 17.4 Å². The van der Waals surface area contributed by atoms with Crippen LogP contribution in [0, 0.1) is 39.9 Å². The number of rotatable bonds is 2. The SMILES string of the molecule is C=C1C[C@]23C[C@H]1[C@H](O)C[C@H]2[C@]1(C)CCC[C@@](C)(C(=O)O)[C@H]1[C@@H]3C(=O)O. The predicted octanol–water partition coefficient (Wildman–Crippen LogP) is 2.93. The van der Waals surface area contributed by atoms with Gasteiger partial charge in [-0.25, -0.2) is 0 Å². The molecule has 0 heterocycles. The first kappa shape index (κ1) is 17.1. The Kier molecular flexibility index (Phi) is 3.33. The molecule has 25 heavy (non-hydrogen) atoms. The fraction of sp³-hybridized carbons (Fsp3) is 0.800. The third-order valence-electron chi connectivity index (χ3n) is 8.63. The molecule has 2 bridgehead atoms. The molecular weight excluding hydrogens is 320 g/mol. The minimum absolute atomic E-state index is 0.0297. The number of carboxylic acid groups (broad SMARTS) is 2. The highest BCUT2D eigenvalue weighted by Gasteiger charge is 2.76. The van der Waals surface area contributed by atoms with Crippen molar-refractivity contribution in [1.29, 1.82) is 0 Å². The van der Waals surface area contributed by atoms with Crippen molar-refractivity contribution in [3.8, 4) is 0 Å². The number of hydrogen-bond acceptors (Lipinski definition) is 3. The average molecular weight is 348 g/mol. The Morgan fingerprint density at radius 3 is 2.48 bits per heavy atom. The van der Waals surface area contributed by atoms with Gasteiger partial charge in [0.15, 0.2) is 0 Å². The van der Waals surface area contributed by atoms with Crippen LogP contribution in [0.5, 0.6) is 0 Å². The van der Waals surface area contributed by atoms with E-state index in [4.69, 9.17) is 0 Å². The van der Waals surface area contributed by atoms with Crippen molar-refractivity contribution in [2.45, 2.75) is 58.5 Å². The number of aliphatic carboxylic acids is 2. The summed E-state index contributed by atoms with van der Waals surface area (Å²) in [5.41, 5.74) is -0.856. The van der Waals surface area contributed by atoms with Crippen LogP contribution in [0.4, 0.5) is 0 Å². The number of aliphatic hydroxyl groups is 1. The van der Waals surface area contributed by atoms with E-state index in [1.54, 1.807) is 6.92 Å². The molecule has 0 aromatic carbocycles. The summed E-state index contributed by atoms with van der Waals surface area (Å²) in [6, 6.07) is 0. The quantitative estimate of drug-likeness (QED) is 0.667. The second-order valence-electron chi connectivity index (χ2n) is 9.61. The van der Waals surface area contributed by atoms with Gasteiger partial charge in [-0.15, -0.1) is 0 Å². The lowest BCUT2D eigenvalue weighted by molar-refractivity contribution is -0.166. The second kappa shape index (κ2) is 4.87. The molecule has 3 N–H and O–H groups in total. The Bertz CT molecular complexity index is 671. The van der Waals surface area contributed by atoms with Gasteiger partial charge < -0.3 is 15.3 Å². The van der Waals surface area contributed by atoms with Gasteiger partial charge in [-0.1, -0.05) is 25.5 Å². The van der Waals surface area contributed by atoms with Crippen LogP contribution < -0.4 is 0 Å². The Balaban J connectivity index is 1.93. The second-order valence-corrected chi connectivity index (χ2v) is 9.61. The van der Waals surface area contributed by atoms with Crippen LogP contribution in [0.15, 0.2) is 12.2 Å². The van der Waals surface area contributed by atoms with E-state index in [1.165, 1.54) is 0 Å². The summed E-state index contributed by atoms with van der Waals surface area (Å²) in [5, 5.41) is 30.9. The van der Waals surface area contributed by atoms with Crippen molar-refractivity contribution in [2.75, 3.05) is 0 Å². The molecule has 8 atom stereocenters. The van der Waals surface area contributed by atoms with Gasteiger partial charge in [0.2, 0.25) is 0 Å². The summed E-state index contributed by atoms with van der Waals surface area (Å²) < 4.78 is 0. The van der Waals surface area contributed by atoms with Crippen molar-refractivity contribution >= 4 is 11.9 Å². The van der Waals surface area contributed by atoms with Gasteiger partial charge in [0.25, 0.3) is 0 Å². The number of fused-ring (bicyclic) bond motifs is 3. The Hall–Kier alpha value is -1.36. The zero-order chi connectivity index (χ0) is 18.4. The van der Waals surface area contributed by atoms with Gasteiger partial charge in [-0.2, -0.15) is 0 Å². The maximum absolute atomic E-state index is 12.4. The summed E-state index contributed by atoms with van der Waals surface area (Å²) in [5.74, 6) is -2.78. The van der Waals surface area contributed by atoms with Gasteiger partial charge in [0.1, 0.15) is 0 Å². The molecule has 0 amide bonds. The minimum atomic E-state index is -1.02. The van der Waals surface area contributed by atoms with E-state index >= 15 is 0 Å². The molecule has 5 heteroatoms. The van der Waals surface area contributed by atoms with Gasteiger partial charge in [-0.3, -0.25) is 9.59 Å². The van der Waals surface area contributed by atoms with Crippen molar-refractivity contribution in [3.05, 3.63) is 12.2 Å². The molecule has 138 valence electrons. The summed E-state index contributed by atoms with van der Waals surface area (Å²) in [6.07, 6.45) is 3.55. The van der Waals surface area contributed by atoms with E-state index in [0.717, 1.165) is 18.4 Å². The highest BCUT2D eigenvalue weighted by molar-refractivity contribution is 5.79. The van der Waals surface area contributed by atoms with E-state index in [0.29, 0.717) is 25.7 Å². The zero-order valence-electron chi connectivity index (χ0n) is 15.0. The molecule has 0 unspecified atom stereocenters. The lowest BCUT2D eigenvalue weighted by Crippen LogP contribution is -2.50. The molecule has 4 aliphatic rings. The fourth-order valence-electron chi connectivity index (χ4n) is 7.85. The summed E-state index contributed by atoms with van der Waals surface area (Å²) >= 11 is 0. The predicted molar refractivity (Wildman–Crippen MR) is 90.7 cm³/mol. The van der Waals surface area contributed by atoms with Gasteiger partial charge in [0, 0.05) is 5.92 Å². The van der Waals surface area contributed by atoms with Gasteiger partial charge in [-0.05, 0) is 61.7 Å². The van der Waals surface area contributed by atoms with Crippen LogP contribution in [0.1, 0.15) is 52.4 Å². The van der Waals surface area contributed by atoms with Crippen molar-refractivity contribution in [2.24, 2.45) is 39.9 Å². The third kappa shape index (κ3) is 1.83. The van der Waals surface area contributed by atoms with Crippen molar-refractivity contribution < 1.29 is 24.9 Å². The molecule has 0 aliphatic heterocycles. The maximum atomic E-state index is 12.4. The van der Waals surface area contributed by atoms with Crippen molar-refractivity contribution in [1.82, 2.24) is 0 Å². The molecular formula is C20H28O5. The first-order valence-corrected chi connectivity index (χ1v) is 9.40. The topological polar surface area (TPSA) is 94.8 Å². The molecule has 1 spiro atoms. The molecule has 0 saturated heterocycles. The largest absolute Gasteiger partial charge is 0.481 e. The molecule has 4 aliphatic carbocycles. The van der Waals surface area contributed by atoms with Crippen LogP contribution in [0.3, 0.4) is 0 Å². The average Bonchev–Trinajstić information content (AvgIpc) is 2.92. The first-order chi connectivity index (χ1) is 11.6. The van der Waals surface area contributed by atoms with Crippen molar-refractivity contribution in [3.63, 3.8) is 0 Å². The monoisotopic (exact) mass is 348 g/mol. The Labute approximate surface area is 148 Å². The fourth-order valence-corrected chi connectivity index (χ4v) is 7.85. The molecule has 0 radical (unpaired) electrons. The summed E-state index contributed by atoms with van der Waals surface area (Å²) in [7, 11) is 0.